The first kappa shape index (κ1) is 12.1. The van der Waals surface area contributed by atoms with Crippen LogP contribution in [0, 0.1) is 0 Å². The van der Waals surface area contributed by atoms with Gasteiger partial charge in [0.2, 0.25) is 0 Å². The Balaban J connectivity index is 2.13. The van der Waals surface area contributed by atoms with E-state index in [0.29, 0.717) is 6.61 Å². The summed E-state index contributed by atoms with van der Waals surface area (Å²) in [5.74, 6) is -0.704. The zero-order valence-corrected chi connectivity index (χ0v) is 10.1. The fourth-order valence-electron chi connectivity index (χ4n) is 2.28. The number of carboxylic acid groups (broad SMARTS) is 1. The van der Waals surface area contributed by atoms with E-state index in [9.17, 15) is 4.79 Å². The first-order valence-electron chi connectivity index (χ1n) is 5.96. The molecule has 3 nitrogen and oxygen atoms in total. The number of methoxy groups -OCH3 is 1. The molecule has 3 heteroatoms. The van der Waals surface area contributed by atoms with Crippen LogP contribution in [-0.4, -0.2) is 24.8 Å². The Morgan fingerprint density at radius 3 is 2.82 bits per heavy atom. The maximum Gasteiger partial charge on any atom is 0.304 e. The van der Waals surface area contributed by atoms with Gasteiger partial charge in [-0.05, 0) is 30.4 Å². The summed E-state index contributed by atoms with van der Waals surface area (Å²) in [6, 6.07) is 8.27. The Morgan fingerprint density at radius 1 is 1.47 bits per heavy atom. The molecule has 0 amide bonds. The number of hydrogen-bond acceptors (Lipinski definition) is 2. The first-order chi connectivity index (χ1) is 8.16. The minimum atomic E-state index is -0.704. The summed E-state index contributed by atoms with van der Waals surface area (Å²) in [6.07, 6.45) is 3.12. The maximum absolute atomic E-state index is 10.9. The van der Waals surface area contributed by atoms with Gasteiger partial charge in [-0.25, -0.2) is 0 Å². The molecule has 0 bridgehead atoms. The second kappa shape index (κ2) is 4.88. The van der Waals surface area contributed by atoms with Crippen LogP contribution in [0.25, 0.3) is 0 Å². The van der Waals surface area contributed by atoms with Crippen molar-refractivity contribution >= 4 is 5.97 Å². The molecule has 0 unspecified atom stereocenters. The van der Waals surface area contributed by atoms with Crippen molar-refractivity contribution in [2.45, 2.75) is 31.1 Å². The van der Waals surface area contributed by atoms with E-state index in [-0.39, 0.29) is 11.8 Å². The summed E-state index contributed by atoms with van der Waals surface area (Å²) >= 11 is 0. The zero-order valence-electron chi connectivity index (χ0n) is 10.1. The Labute approximate surface area is 101 Å². The van der Waals surface area contributed by atoms with Crippen molar-refractivity contribution in [3.8, 4) is 0 Å². The van der Waals surface area contributed by atoms with Gasteiger partial charge in [0.15, 0.2) is 0 Å². The summed E-state index contributed by atoms with van der Waals surface area (Å²) in [7, 11) is 1.69. The maximum atomic E-state index is 10.9. The highest BCUT2D eigenvalue weighted by atomic mass is 16.5. The van der Waals surface area contributed by atoms with Crippen molar-refractivity contribution in [3.63, 3.8) is 0 Å². The Bertz CT molecular complexity index is 408. The van der Waals surface area contributed by atoms with Crippen molar-refractivity contribution in [1.82, 2.24) is 0 Å². The second-order valence-electron chi connectivity index (χ2n) is 4.79. The third-order valence-corrected chi connectivity index (χ3v) is 3.48. The van der Waals surface area contributed by atoms with Crippen LogP contribution in [0.3, 0.4) is 0 Å². The molecule has 1 aliphatic carbocycles. The molecule has 1 aromatic rings. The molecule has 0 heterocycles. The summed E-state index contributed by atoms with van der Waals surface area (Å²) in [6.45, 7) is 0.704. The summed E-state index contributed by atoms with van der Waals surface area (Å²) in [5.41, 5.74) is 2.31. The van der Waals surface area contributed by atoms with Crippen LogP contribution in [-0.2, 0) is 21.4 Å². The van der Waals surface area contributed by atoms with Gasteiger partial charge in [0.1, 0.15) is 0 Å². The van der Waals surface area contributed by atoms with Gasteiger partial charge >= 0.3 is 5.97 Å². The first-order valence-corrected chi connectivity index (χ1v) is 5.96. The highest BCUT2D eigenvalue weighted by Crippen LogP contribution is 2.51. The highest BCUT2D eigenvalue weighted by molar-refractivity contribution is 5.70. The lowest BCUT2D eigenvalue weighted by atomic mass is 9.91. The lowest BCUT2D eigenvalue weighted by Crippen LogP contribution is -2.13. The van der Waals surface area contributed by atoms with Gasteiger partial charge < -0.3 is 9.84 Å². The number of benzene rings is 1. The molecule has 17 heavy (non-hydrogen) atoms. The molecule has 0 aliphatic heterocycles. The number of rotatable bonds is 6. The topological polar surface area (TPSA) is 46.5 Å². The van der Waals surface area contributed by atoms with Crippen LogP contribution in [0.15, 0.2) is 24.3 Å². The minimum Gasteiger partial charge on any atom is -0.481 e. The molecule has 0 aromatic heterocycles. The van der Waals surface area contributed by atoms with Gasteiger partial charge in [-0.2, -0.15) is 0 Å². The number of aliphatic carboxylic acids is 1. The lowest BCUT2D eigenvalue weighted by molar-refractivity contribution is -0.137. The van der Waals surface area contributed by atoms with Crippen molar-refractivity contribution in [3.05, 3.63) is 35.4 Å². The smallest absolute Gasteiger partial charge is 0.304 e. The fourth-order valence-corrected chi connectivity index (χ4v) is 2.28. The number of carbonyl (C=O) groups is 1. The molecule has 1 N–H and O–H groups in total. The van der Waals surface area contributed by atoms with Crippen LogP contribution in [0.1, 0.15) is 30.4 Å². The van der Waals surface area contributed by atoms with Gasteiger partial charge in [0, 0.05) is 12.5 Å². The molecule has 1 aliphatic rings. The van der Waals surface area contributed by atoms with E-state index in [4.69, 9.17) is 9.84 Å². The normalized spacial score (nSPS) is 16.8. The largest absolute Gasteiger partial charge is 0.481 e. The molecule has 1 aromatic carbocycles. The van der Waals surface area contributed by atoms with E-state index in [1.165, 1.54) is 11.1 Å². The third kappa shape index (κ3) is 2.86. The van der Waals surface area contributed by atoms with Gasteiger partial charge in [-0.3, -0.25) is 4.79 Å². The van der Waals surface area contributed by atoms with Crippen LogP contribution in [0.2, 0.25) is 0 Å². The lowest BCUT2D eigenvalue weighted by Gasteiger charge is -2.14. The molecule has 0 saturated heterocycles. The molecule has 0 atom stereocenters. The molecule has 1 saturated carbocycles. The van der Waals surface area contributed by atoms with Crippen LogP contribution >= 0.6 is 0 Å². The summed E-state index contributed by atoms with van der Waals surface area (Å²) in [4.78, 5) is 10.9. The minimum absolute atomic E-state index is 0.0884. The molecule has 92 valence electrons. The summed E-state index contributed by atoms with van der Waals surface area (Å²) in [5, 5.41) is 8.94. The van der Waals surface area contributed by atoms with Crippen molar-refractivity contribution in [2.75, 3.05) is 13.7 Å². The Kier molecular flexibility index (Phi) is 3.48. The summed E-state index contributed by atoms with van der Waals surface area (Å²) < 4.78 is 5.06. The standard InChI is InChI=1S/C14H18O3/c1-17-8-5-11-3-2-4-12(9-11)14(6-7-14)10-13(15)16/h2-4,9H,5-8,10H2,1H3,(H,15,16). The van der Waals surface area contributed by atoms with Gasteiger partial charge in [-0.1, -0.05) is 24.3 Å². The van der Waals surface area contributed by atoms with E-state index in [1.807, 2.05) is 12.1 Å². The molecular weight excluding hydrogens is 216 g/mol. The van der Waals surface area contributed by atoms with E-state index >= 15 is 0 Å². The van der Waals surface area contributed by atoms with Crippen molar-refractivity contribution in [1.29, 1.82) is 0 Å². The zero-order chi connectivity index (χ0) is 12.3. The van der Waals surface area contributed by atoms with E-state index in [1.54, 1.807) is 7.11 Å². The molecule has 0 radical (unpaired) electrons. The second-order valence-corrected chi connectivity index (χ2v) is 4.79. The van der Waals surface area contributed by atoms with Gasteiger partial charge in [0.05, 0.1) is 13.0 Å². The van der Waals surface area contributed by atoms with Crippen LogP contribution < -0.4 is 0 Å². The predicted octanol–water partition coefficient (Wildman–Crippen LogP) is 2.38. The molecule has 2 rings (SSSR count). The van der Waals surface area contributed by atoms with Crippen LogP contribution in [0.4, 0.5) is 0 Å². The number of carboxylic acids is 1. The van der Waals surface area contributed by atoms with Crippen molar-refractivity contribution in [2.24, 2.45) is 0 Å². The quantitative estimate of drug-likeness (QED) is 0.822. The van der Waals surface area contributed by atoms with E-state index in [0.717, 1.165) is 19.3 Å². The molecule has 0 spiro atoms. The highest BCUT2D eigenvalue weighted by Gasteiger charge is 2.45. The van der Waals surface area contributed by atoms with Crippen molar-refractivity contribution < 1.29 is 14.6 Å². The monoisotopic (exact) mass is 234 g/mol. The molecular formula is C14H18O3. The average Bonchev–Trinajstić information content (AvgIpc) is 3.07. The third-order valence-electron chi connectivity index (χ3n) is 3.48. The van der Waals surface area contributed by atoms with E-state index in [2.05, 4.69) is 12.1 Å². The van der Waals surface area contributed by atoms with Crippen LogP contribution in [0.5, 0.6) is 0 Å². The fraction of sp³-hybridized carbons (Fsp3) is 0.500. The van der Waals surface area contributed by atoms with Gasteiger partial charge in [-0.15, -0.1) is 0 Å². The SMILES string of the molecule is COCCc1cccc(C2(CC(=O)O)CC2)c1. The number of ether oxygens (including phenoxy) is 1. The Morgan fingerprint density at radius 2 is 2.24 bits per heavy atom. The van der Waals surface area contributed by atoms with E-state index < -0.39 is 5.97 Å². The average molecular weight is 234 g/mol. The molecule has 1 fully saturated rings. The predicted molar refractivity (Wildman–Crippen MR) is 65.2 cm³/mol. The number of hydrogen-bond donors (Lipinski definition) is 1. The van der Waals surface area contributed by atoms with Gasteiger partial charge in [0.25, 0.3) is 0 Å². The Hall–Kier alpha value is -1.35.